The quantitative estimate of drug-likeness (QED) is 0.712. The first-order valence-corrected chi connectivity index (χ1v) is 6.74. The molecule has 6 nitrogen and oxygen atoms in total. The zero-order valence-corrected chi connectivity index (χ0v) is 12.7. The summed E-state index contributed by atoms with van der Waals surface area (Å²) in [6, 6.07) is 0. The summed E-state index contributed by atoms with van der Waals surface area (Å²) in [4.78, 5) is 6.22. The monoisotopic (exact) mass is 269 g/mol. The van der Waals surface area contributed by atoms with E-state index in [0.717, 1.165) is 12.4 Å². The van der Waals surface area contributed by atoms with Gasteiger partial charge in [0.1, 0.15) is 12.2 Å². The van der Waals surface area contributed by atoms with Crippen LogP contribution in [0.2, 0.25) is 0 Å². The molecule has 110 valence electrons. The van der Waals surface area contributed by atoms with Crippen molar-refractivity contribution >= 4 is 0 Å². The van der Waals surface area contributed by atoms with Crippen molar-refractivity contribution in [3.63, 3.8) is 0 Å². The number of nitrogens with one attached hydrogen (secondary N) is 1. The summed E-state index contributed by atoms with van der Waals surface area (Å²) in [6.45, 7) is 8.78. The zero-order valence-electron chi connectivity index (χ0n) is 12.7. The molecule has 0 bridgehead atoms. The number of rotatable bonds is 8. The van der Waals surface area contributed by atoms with Gasteiger partial charge in [0.25, 0.3) is 0 Å². The first-order chi connectivity index (χ1) is 8.80. The standard InChI is InChI=1S/C13H27N5O/c1-11(2)7-18-12(15-10-16-18)6-14-8-13(3,19)9-17(4)5/h10-11,14,19H,6-9H2,1-5H3. The Morgan fingerprint density at radius 1 is 1.47 bits per heavy atom. The lowest BCUT2D eigenvalue weighted by molar-refractivity contribution is 0.0333. The van der Waals surface area contributed by atoms with Crippen molar-refractivity contribution in [2.24, 2.45) is 5.92 Å². The van der Waals surface area contributed by atoms with Gasteiger partial charge in [0.15, 0.2) is 0 Å². The van der Waals surface area contributed by atoms with Crippen molar-refractivity contribution in [1.29, 1.82) is 0 Å². The Labute approximate surface area is 115 Å². The van der Waals surface area contributed by atoms with Gasteiger partial charge in [-0.05, 0) is 26.9 Å². The second-order valence-corrected chi connectivity index (χ2v) is 6.09. The Hall–Kier alpha value is -0.980. The van der Waals surface area contributed by atoms with Gasteiger partial charge in [-0.2, -0.15) is 5.10 Å². The molecular formula is C13H27N5O. The summed E-state index contributed by atoms with van der Waals surface area (Å²) < 4.78 is 1.92. The van der Waals surface area contributed by atoms with Crippen molar-refractivity contribution in [3.8, 4) is 0 Å². The summed E-state index contributed by atoms with van der Waals surface area (Å²) in [5.41, 5.74) is -0.744. The van der Waals surface area contributed by atoms with E-state index < -0.39 is 5.60 Å². The fourth-order valence-corrected chi connectivity index (χ4v) is 2.10. The Balaban J connectivity index is 2.43. The second-order valence-electron chi connectivity index (χ2n) is 6.09. The molecule has 0 spiro atoms. The predicted molar refractivity (Wildman–Crippen MR) is 75.7 cm³/mol. The SMILES string of the molecule is CC(C)Cn1ncnc1CNCC(C)(O)CN(C)C. The molecule has 19 heavy (non-hydrogen) atoms. The average molecular weight is 269 g/mol. The van der Waals surface area contributed by atoms with Gasteiger partial charge < -0.3 is 15.3 Å². The normalized spacial score (nSPS) is 15.2. The van der Waals surface area contributed by atoms with Crippen molar-refractivity contribution in [2.45, 2.75) is 39.5 Å². The highest BCUT2D eigenvalue weighted by atomic mass is 16.3. The molecule has 1 aromatic rings. The number of aliphatic hydroxyl groups is 1. The molecule has 1 atom stereocenters. The molecule has 2 N–H and O–H groups in total. The van der Waals surface area contributed by atoms with Gasteiger partial charge in [-0.3, -0.25) is 0 Å². The first-order valence-electron chi connectivity index (χ1n) is 6.74. The zero-order chi connectivity index (χ0) is 14.5. The highest BCUT2D eigenvalue weighted by Gasteiger charge is 2.20. The molecule has 0 fully saturated rings. The molecule has 0 amide bonds. The second kappa shape index (κ2) is 6.98. The summed E-state index contributed by atoms with van der Waals surface area (Å²) in [7, 11) is 3.90. The van der Waals surface area contributed by atoms with E-state index in [2.05, 4.69) is 29.2 Å². The smallest absolute Gasteiger partial charge is 0.140 e. The number of aromatic nitrogens is 3. The third-order valence-electron chi connectivity index (χ3n) is 2.68. The van der Waals surface area contributed by atoms with Crippen LogP contribution in [0.3, 0.4) is 0 Å². The van der Waals surface area contributed by atoms with Crippen molar-refractivity contribution in [2.75, 3.05) is 27.2 Å². The maximum atomic E-state index is 10.2. The topological polar surface area (TPSA) is 66.2 Å². The molecule has 1 aromatic heterocycles. The minimum Gasteiger partial charge on any atom is -0.388 e. The van der Waals surface area contributed by atoms with E-state index in [0.29, 0.717) is 25.6 Å². The van der Waals surface area contributed by atoms with Gasteiger partial charge >= 0.3 is 0 Å². The molecule has 0 saturated carbocycles. The summed E-state index contributed by atoms with van der Waals surface area (Å²) in [5, 5.41) is 17.6. The summed E-state index contributed by atoms with van der Waals surface area (Å²) >= 11 is 0. The van der Waals surface area contributed by atoms with E-state index >= 15 is 0 Å². The van der Waals surface area contributed by atoms with Crippen LogP contribution in [-0.2, 0) is 13.1 Å². The van der Waals surface area contributed by atoms with Crippen LogP contribution in [0.4, 0.5) is 0 Å². The largest absolute Gasteiger partial charge is 0.388 e. The summed E-state index contributed by atoms with van der Waals surface area (Å²) in [5.74, 6) is 1.45. The molecule has 0 radical (unpaired) electrons. The average Bonchev–Trinajstić information content (AvgIpc) is 2.62. The molecule has 0 aliphatic heterocycles. The van der Waals surface area contributed by atoms with E-state index in [1.807, 2.05) is 30.6 Å². The van der Waals surface area contributed by atoms with Crippen LogP contribution >= 0.6 is 0 Å². The van der Waals surface area contributed by atoms with Crippen LogP contribution in [-0.4, -0.2) is 57.6 Å². The third-order valence-corrected chi connectivity index (χ3v) is 2.68. The predicted octanol–water partition coefficient (Wildman–Crippen LogP) is 0.336. The number of hydrogen-bond donors (Lipinski definition) is 2. The van der Waals surface area contributed by atoms with Gasteiger partial charge in [0, 0.05) is 19.6 Å². The Kier molecular flexibility index (Phi) is 5.90. The minimum atomic E-state index is -0.744. The molecule has 0 aliphatic carbocycles. The lowest BCUT2D eigenvalue weighted by Crippen LogP contribution is -2.45. The number of hydrogen-bond acceptors (Lipinski definition) is 5. The highest BCUT2D eigenvalue weighted by molar-refractivity contribution is 4.86. The number of likely N-dealkylation sites (N-methyl/N-ethyl adjacent to an activating group) is 1. The Bertz CT molecular complexity index is 373. The molecule has 0 aliphatic rings. The van der Waals surface area contributed by atoms with Gasteiger partial charge in [0.2, 0.25) is 0 Å². The highest BCUT2D eigenvalue weighted by Crippen LogP contribution is 2.04. The van der Waals surface area contributed by atoms with Crippen molar-refractivity contribution in [3.05, 3.63) is 12.2 Å². The van der Waals surface area contributed by atoms with E-state index in [1.165, 1.54) is 0 Å². The minimum absolute atomic E-state index is 0.527. The van der Waals surface area contributed by atoms with E-state index in [4.69, 9.17) is 0 Å². The molecule has 1 rings (SSSR count). The van der Waals surface area contributed by atoms with E-state index in [-0.39, 0.29) is 0 Å². The van der Waals surface area contributed by atoms with Crippen LogP contribution in [0, 0.1) is 5.92 Å². The molecule has 6 heteroatoms. The number of nitrogens with zero attached hydrogens (tertiary/aromatic N) is 4. The Morgan fingerprint density at radius 3 is 2.74 bits per heavy atom. The van der Waals surface area contributed by atoms with Gasteiger partial charge in [0.05, 0.1) is 12.1 Å². The van der Waals surface area contributed by atoms with Crippen molar-refractivity contribution in [1.82, 2.24) is 25.0 Å². The lowest BCUT2D eigenvalue weighted by Gasteiger charge is -2.27. The molecule has 0 aromatic carbocycles. The maximum Gasteiger partial charge on any atom is 0.140 e. The first kappa shape index (κ1) is 16.1. The lowest BCUT2D eigenvalue weighted by atomic mass is 10.1. The van der Waals surface area contributed by atoms with E-state index in [1.54, 1.807) is 6.33 Å². The van der Waals surface area contributed by atoms with Gasteiger partial charge in [-0.25, -0.2) is 9.67 Å². The van der Waals surface area contributed by atoms with Crippen LogP contribution in [0.1, 0.15) is 26.6 Å². The van der Waals surface area contributed by atoms with E-state index in [9.17, 15) is 5.11 Å². The van der Waals surface area contributed by atoms with Crippen LogP contribution in [0.15, 0.2) is 6.33 Å². The van der Waals surface area contributed by atoms with Crippen LogP contribution < -0.4 is 5.32 Å². The maximum absolute atomic E-state index is 10.2. The van der Waals surface area contributed by atoms with Crippen LogP contribution in [0.25, 0.3) is 0 Å². The van der Waals surface area contributed by atoms with Crippen molar-refractivity contribution < 1.29 is 5.11 Å². The van der Waals surface area contributed by atoms with Gasteiger partial charge in [-0.15, -0.1) is 0 Å². The fraction of sp³-hybridized carbons (Fsp3) is 0.846. The molecular weight excluding hydrogens is 242 g/mol. The Morgan fingerprint density at radius 2 is 2.16 bits per heavy atom. The van der Waals surface area contributed by atoms with Crippen LogP contribution in [0.5, 0.6) is 0 Å². The fourth-order valence-electron chi connectivity index (χ4n) is 2.10. The molecule has 1 unspecified atom stereocenters. The molecule has 1 heterocycles. The molecule has 0 saturated heterocycles. The third kappa shape index (κ3) is 6.13. The summed E-state index contributed by atoms with van der Waals surface area (Å²) in [6.07, 6.45) is 1.58. The van der Waals surface area contributed by atoms with Gasteiger partial charge in [-0.1, -0.05) is 13.8 Å².